The first kappa shape index (κ1) is 15.2. The zero-order chi connectivity index (χ0) is 15.0. The molecule has 1 unspecified atom stereocenters. The van der Waals surface area contributed by atoms with Gasteiger partial charge >= 0.3 is 16.6 Å². The third kappa shape index (κ3) is 3.47. The molecule has 0 bridgehead atoms. The van der Waals surface area contributed by atoms with Crippen molar-refractivity contribution in [3.05, 3.63) is 35.4 Å². The quantitative estimate of drug-likeness (QED) is 0.622. The number of hydrogen-bond acceptors (Lipinski definition) is 3. The van der Waals surface area contributed by atoms with Crippen LogP contribution in [0.4, 0.5) is 17.1 Å². The molecule has 1 atom stereocenters. The van der Waals surface area contributed by atoms with Crippen LogP contribution in [-0.4, -0.2) is 32.4 Å². The fraction of sp³-hybridized carbons (Fsp3) is 0.455. The van der Waals surface area contributed by atoms with Crippen LogP contribution in [0.25, 0.3) is 0 Å². The molecule has 1 aromatic rings. The molecule has 0 saturated carbocycles. The van der Waals surface area contributed by atoms with Gasteiger partial charge in [-0.05, 0) is 17.7 Å². The maximum absolute atomic E-state index is 12.9. The Kier molecular flexibility index (Phi) is 4.03. The standard InChI is InChI=1S/C11H11F4NO3S/c12-11(13,14)9-3-1-2-8(6-9)10-7-16(4-5-19-10)20(15,17)18/h1-3,6,10H,4-5,7H2. The van der Waals surface area contributed by atoms with Crippen molar-refractivity contribution in [2.24, 2.45) is 0 Å². The number of rotatable bonds is 2. The molecule has 0 aliphatic carbocycles. The first-order valence-electron chi connectivity index (χ1n) is 5.66. The van der Waals surface area contributed by atoms with Gasteiger partial charge in [0.2, 0.25) is 0 Å². The van der Waals surface area contributed by atoms with Crippen LogP contribution in [0.15, 0.2) is 24.3 Å². The molecule has 0 radical (unpaired) electrons. The fourth-order valence-corrected chi connectivity index (χ4v) is 2.55. The molecule has 4 nitrogen and oxygen atoms in total. The lowest BCUT2D eigenvalue weighted by Gasteiger charge is -2.30. The highest BCUT2D eigenvalue weighted by Gasteiger charge is 2.33. The minimum atomic E-state index is -4.87. The van der Waals surface area contributed by atoms with Crippen LogP contribution in [0, 0.1) is 0 Å². The van der Waals surface area contributed by atoms with Crippen LogP contribution in [0.3, 0.4) is 0 Å². The molecular formula is C11H11F4NO3S. The maximum atomic E-state index is 12.9. The van der Waals surface area contributed by atoms with Crippen LogP contribution < -0.4 is 0 Å². The van der Waals surface area contributed by atoms with Crippen molar-refractivity contribution in [3.63, 3.8) is 0 Å². The van der Waals surface area contributed by atoms with Crippen LogP contribution >= 0.6 is 0 Å². The summed E-state index contributed by atoms with van der Waals surface area (Å²) < 4.78 is 78.1. The van der Waals surface area contributed by atoms with E-state index in [0.717, 1.165) is 12.1 Å². The molecule has 1 aromatic carbocycles. The zero-order valence-electron chi connectivity index (χ0n) is 10.1. The monoisotopic (exact) mass is 313 g/mol. The molecule has 1 fully saturated rings. The average Bonchev–Trinajstić information content (AvgIpc) is 2.37. The molecule has 1 aliphatic heterocycles. The fourth-order valence-electron chi connectivity index (χ4n) is 1.94. The molecule has 0 N–H and O–H groups in total. The Morgan fingerprint density at radius 2 is 2.00 bits per heavy atom. The van der Waals surface area contributed by atoms with E-state index in [0.29, 0.717) is 4.31 Å². The Morgan fingerprint density at radius 3 is 2.60 bits per heavy atom. The smallest absolute Gasteiger partial charge is 0.371 e. The Labute approximate surface area is 113 Å². The van der Waals surface area contributed by atoms with E-state index in [-0.39, 0.29) is 25.3 Å². The summed E-state index contributed by atoms with van der Waals surface area (Å²) in [4.78, 5) is 0. The van der Waals surface area contributed by atoms with Gasteiger partial charge in [-0.25, -0.2) is 0 Å². The number of morpholine rings is 1. The second-order valence-electron chi connectivity index (χ2n) is 4.28. The van der Waals surface area contributed by atoms with E-state index in [4.69, 9.17) is 4.74 Å². The van der Waals surface area contributed by atoms with Crippen LogP contribution in [-0.2, 0) is 21.3 Å². The highest BCUT2D eigenvalue weighted by molar-refractivity contribution is 7.83. The molecule has 0 amide bonds. The SMILES string of the molecule is O=S(=O)(F)N1CCOC(c2cccc(C(F)(F)F)c2)C1. The van der Waals surface area contributed by atoms with E-state index in [1.54, 1.807) is 0 Å². The number of hydrogen-bond donors (Lipinski definition) is 0. The number of benzene rings is 1. The molecule has 0 spiro atoms. The van der Waals surface area contributed by atoms with E-state index in [1.165, 1.54) is 12.1 Å². The van der Waals surface area contributed by atoms with Crippen molar-refractivity contribution in [2.45, 2.75) is 12.3 Å². The molecule has 1 aliphatic rings. The summed E-state index contributed by atoms with van der Waals surface area (Å²) in [6, 6.07) is 4.35. The van der Waals surface area contributed by atoms with Crippen LogP contribution in [0.1, 0.15) is 17.2 Å². The van der Waals surface area contributed by atoms with Gasteiger partial charge in [-0.15, -0.1) is 0 Å². The summed E-state index contributed by atoms with van der Waals surface area (Å²) in [7, 11) is -4.87. The van der Waals surface area contributed by atoms with E-state index >= 15 is 0 Å². The number of nitrogens with zero attached hydrogens (tertiary/aromatic N) is 1. The van der Waals surface area contributed by atoms with Gasteiger partial charge in [-0.2, -0.15) is 25.9 Å². The molecule has 1 heterocycles. The molecule has 1 saturated heterocycles. The summed E-state index contributed by atoms with van der Waals surface area (Å²) in [6.45, 7) is -0.585. The Balaban J connectivity index is 2.24. The molecule has 0 aromatic heterocycles. The summed E-state index contributed by atoms with van der Waals surface area (Å²) in [5, 5.41) is 0. The molecule has 20 heavy (non-hydrogen) atoms. The average molecular weight is 313 g/mol. The molecule has 112 valence electrons. The highest BCUT2D eigenvalue weighted by atomic mass is 32.3. The largest absolute Gasteiger partial charge is 0.416 e. The van der Waals surface area contributed by atoms with Gasteiger partial charge in [-0.1, -0.05) is 16.0 Å². The van der Waals surface area contributed by atoms with Crippen molar-refractivity contribution in [2.75, 3.05) is 19.7 Å². The van der Waals surface area contributed by atoms with Gasteiger partial charge in [-0.3, -0.25) is 0 Å². The minimum Gasteiger partial charge on any atom is -0.371 e. The summed E-state index contributed by atoms with van der Waals surface area (Å²) in [6.07, 6.45) is -5.42. The molecule has 9 heteroatoms. The van der Waals surface area contributed by atoms with E-state index in [1.807, 2.05) is 0 Å². The number of alkyl halides is 3. The van der Waals surface area contributed by atoms with Crippen LogP contribution in [0.2, 0.25) is 0 Å². The van der Waals surface area contributed by atoms with E-state index in [9.17, 15) is 25.5 Å². The Hall–Kier alpha value is -1.19. The molecular weight excluding hydrogens is 302 g/mol. The van der Waals surface area contributed by atoms with Gasteiger partial charge < -0.3 is 4.74 Å². The van der Waals surface area contributed by atoms with Gasteiger partial charge in [0, 0.05) is 13.1 Å². The Bertz CT molecular complexity index is 588. The first-order valence-corrected chi connectivity index (χ1v) is 7.00. The third-order valence-electron chi connectivity index (χ3n) is 2.92. The number of ether oxygens (including phenoxy) is 1. The topological polar surface area (TPSA) is 46.6 Å². The van der Waals surface area contributed by atoms with Gasteiger partial charge in [0.05, 0.1) is 18.3 Å². The van der Waals surface area contributed by atoms with E-state index < -0.39 is 28.3 Å². The van der Waals surface area contributed by atoms with Crippen molar-refractivity contribution in [1.82, 2.24) is 4.31 Å². The lowest BCUT2D eigenvalue weighted by Crippen LogP contribution is -2.40. The number of halogens is 4. The van der Waals surface area contributed by atoms with Gasteiger partial charge in [0.1, 0.15) is 0 Å². The lowest BCUT2D eigenvalue weighted by molar-refractivity contribution is -0.137. The van der Waals surface area contributed by atoms with Crippen molar-refractivity contribution in [1.29, 1.82) is 0 Å². The maximum Gasteiger partial charge on any atom is 0.416 e. The lowest BCUT2D eigenvalue weighted by atomic mass is 10.0. The second-order valence-corrected chi connectivity index (χ2v) is 5.62. The summed E-state index contributed by atoms with van der Waals surface area (Å²) in [5.41, 5.74) is -0.702. The predicted molar refractivity (Wildman–Crippen MR) is 61.7 cm³/mol. The minimum absolute atomic E-state index is 0.0793. The van der Waals surface area contributed by atoms with Gasteiger partial charge in [0.25, 0.3) is 0 Å². The predicted octanol–water partition coefficient (Wildman–Crippen LogP) is 2.29. The Morgan fingerprint density at radius 1 is 1.30 bits per heavy atom. The summed E-state index contributed by atoms with van der Waals surface area (Å²) in [5.74, 6) is 0. The summed E-state index contributed by atoms with van der Waals surface area (Å²) >= 11 is 0. The van der Waals surface area contributed by atoms with Gasteiger partial charge in [0.15, 0.2) is 0 Å². The second kappa shape index (κ2) is 5.30. The van der Waals surface area contributed by atoms with Crippen molar-refractivity contribution in [3.8, 4) is 0 Å². The highest BCUT2D eigenvalue weighted by Crippen LogP contribution is 2.32. The van der Waals surface area contributed by atoms with Crippen LogP contribution in [0.5, 0.6) is 0 Å². The normalized spacial score (nSPS) is 21.9. The van der Waals surface area contributed by atoms with Crippen molar-refractivity contribution < 1.29 is 30.2 Å². The zero-order valence-corrected chi connectivity index (χ0v) is 10.9. The third-order valence-corrected chi connectivity index (χ3v) is 3.87. The first-order chi connectivity index (χ1) is 9.18. The molecule has 2 rings (SSSR count). The van der Waals surface area contributed by atoms with E-state index in [2.05, 4.69) is 0 Å². The van der Waals surface area contributed by atoms with Crippen molar-refractivity contribution >= 4 is 10.4 Å².